The number of imidazole rings is 1. The first-order valence-corrected chi connectivity index (χ1v) is 9.25. The van der Waals surface area contributed by atoms with E-state index in [1.165, 1.54) is 23.4 Å². The minimum atomic E-state index is -0.692. The quantitative estimate of drug-likeness (QED) is 0.584. The average Bonchev–Trinajstić information content (AvgIpc) is 3.01. The van der Waals surface area contributed by atoms with Crippen molar-refractivity contribution in [3.05, 3.63) is 20.8 Å². The standard InChI is InChI=1S/C17H23N5O3S/c1-7-17(4,8-2)19-11(23)10-26-15-18-13-12(22(15)9-3)14(24)21(6)16(25)20(13)5/h1H,8-10H2,2-6H3,(H,19,23)/t17-/m0/s1. The Labute approximate surface area is 155 Å². The molecule has 26 heavy (non-hydrogen) atoms. The number of nitrogens with zero attached hydrogens (tertiary/aromatic N) is 4. The van der Waals surface area contributed by atoms with E-state index in [1.54, 1.807) is 18.5 Å². The summed E-state index contributed by atoms with van der Waals surface area (Å²) in [5.41, 5.74) is -0.876. The Hall–Kier alpha value is -2.47. The Morgan fingerprint density at radius 3 is 2.50 bits per heavy atom. The molecule has 2 aromatic rings. The topological polar surface area (TPSA) is 90.9 Å². The monoisotopic (exact) mass is 377 g/mol. The van der Waals surface area contributed by atoms with Crippen LogP contribution in [0.25, 0.3) is 11.2 Å². The molecule has 0 aromatic carbocycles. The predicted octanol–water partition coefficient (Wildman–Crippen LogP) is 0.464. The lowest BCUT2D eigenvalue weighted by Gasteiger charge is -2.23. The van der Waals surface area contributed by atoms with Crippen molar-refractivity contribution in [1.82, 2.24) is 24.0 Å². The van der Waals surface area contributed by atoms with Crippen LogP contribution in [-0.2, 0) is 25.4 Å². The molecular formula is C17H23N5O3S. The zero-order chi connectivity index (χ0) is 19.6. The van der Waals surface area contributed by atoms with Crippen LogP contribution in [0.2, 0.25) is 0 Å². The number of carbonyl (C=O) groups excluding carboxylic acids is 1. The number of amides is 1. The Bertz CT molecular complexity index is 1010. The van der Waals surface area contributed by atoms with Gasteiger partial charge in [0.2, 0.25) is 5.91 Å². The van der Waals surface area contributed by atoms with E-state index < -0.39 is 16.8 Å². The summed E-state index contributed by atoms with van der Waals surface area (Å²) in [5.74, 6) is 2.48. The Kier molecular flexibility index (Phi) is 5.66. The third-order valence-electron chi connectivity index (χ3n) is 4.40. The van der Waals surface area contributed by atoms with Crippen LogP contribution in [0.3, 0.4) is 0 Å². The molecule has 2 aromatic heterocycles. The smallest absolute Gasteiger partial charge is 0.332 e. The molecule has 1 N–H and O–H groups in total. The fourth-order valence-electron chi connectivity index (χ4n) is 2.53. The van der Waals surface area contributed by atoms with E-state index in [1.807, 2.05) is 13.8 Å². The highest BCUT2D eigenvalue weighted by Crippen LogP contribution is 2.21. The molecule has 8 nitrogen and oxygen atoms in total. The van der Waals surface area contributed by atoms with Gasteiger partial charge >= 0.3 is 5.69 Å². The summed E-state index contributed by atoms with van der Waals surface area (Å²) in [6, 6.07) is 0. The maximum absolute atomic E-state index is 12.5. The number of aryl methyl sites for hydroxylation is 2. The molecule has 2 heterocycles. The van der Waals surface area contributed by atoms with Crippen molar-refractivity contribution >= 4 is 28.8 Å². The molecule has 0 aliphatic heterocycles. The van der Waals surface area contributed by atoms with Crippen molar-refractivity contribution in [2.75, 3.05) is 5.75 Å². The van der Waals surface area contributed by atoms with Crippen LogP contribution in [0.1, 0.15) is 27.2 Å². The molecule has 0 aliphatic carbocycles. The van der Waals surface area contributed by atoms with Crippen LogP contribution in [-0.4, -0.2) is 35.9 Å². The van der Waals surface area contributed by atoms with Crippen LogP contribution in [0.5, 0.6) is 0 Å². The highest BCUT2D eigenvalue weighted by molar-refractivity contribution is 7.99. The first-order chi connectivity index (χ1) is 12.2. The molecule has 0 spiro atoms. The summed E-state index contributed by atoms with van der Waals surface area (Å²) >= 11 is 1.20. The summed E-state index contributed by atoms with van der Waals surface area (Å²) in [4.78, 5) is 41.2. The highest BCUT2D eigenvalue weighted by Gasteiger charge is 2.23. The number of aromatic nitrogens is 4. The zero-order valence-electron chi connectivity index (χ0n) is 15.6. The highest BCUT2D eigenvalue weighted by atomic mass is 32.2. The molecular weight excluding hydrogens is 354 g/mol. The molecule has 9 heteroatoms. The van der Waals surface area contributed by atoms with Gasteiger partial charge in [0.05, 0.1) is 11.3 Å². The zero-order valence-corrected chi connectivity index (χ0v) is 16.4. The SMILES string of the molecule is C#C[C@@](C)(CC)NC(=O)CSc1nc2c(c(=O)n(C)c(=O)n2C)n1CC. The van der Waals surface area contributed by atoms with Gasteiger partial charge in [0.15, 0.2) is 16.3 Å². The summed E-state index contributed by atoms with van der Waals surface area (Å²) in [7, 11) is 3.00. The number of terminal acetylenes is 1. The molecule has 0 aliphatic rings. The van der Waals surface area contributed by atoms with Gasteiger partial charge in [-0.05, 0) is 20.3 Å². The number of hydrogen-bond donors (Lipinski definition) is 1. The van der Waals surface area contributed by atoms with E-state index in [2.05, 4.69) is 16.2 Å². The number of rotatable bonds is 6. The van der Waals surface area contributed by atoms with Crippen LogP contribution in [0.4, 0.5) is 0 Å². The van der Waals surface area contributed by atoms with E-state index in [4.69, 9.17) is 6.42 Å². The second-order valence-electron chi connectivity index (χ2n) is 6.18. The second-order valence-corrected chi connectivity index (χ2v) is 7.13. The third-order valence-corrected chi connectivity index (χ3v) is 5.38. The van der Waals surface area contributed by atoms with Crippen LogP contribution in [0, 0.1) is 12.3 Å². The second kappa shape index (κ2) is 7.41. The Balaban J connectivity index is 2.37. The van der Waals surface area contributed by atoms with Gasteiger partial charge in [-0.15, -0.1) is 6.42 Å². The first kappa shape index (κ1) is 19.8. The lowest BCUT2D eigenvalue weighted by Crippen LogP contribution is -2.45. The Morgan fingerprint density at radius 1 is 1.31 bits per heavy atom. The Morgan fingerprint density at radius 2 is 1.96 bits per heavy atom. The number of carbonyl (C=O) groups is 1. The molecule has 1 atom stereocenters. The maximum Gasteiger partial charge on any atom is 0.332 e. The van der Waals surface area contributed by atoms with Gasteiger partial charge in [0, 0.05) is 20.6 Å². The molecule has 0 saturated carbocycles. The minimum Gasteiger partial charge on any atom is -0.339 e. The minimum absolute atomic E-state index is 0.106. The number of hydrogen-bond acceptors (Lipinski definition) is 5. The molecule has 0 fully saturated rings. The average molecular weight is 377 g/mol. The molecule has 1 amide bonds. The van der Waals surface area contributed by atoms with E-state index in [0.29, 0.717) is 29.3 Å². The van der Waals surface area contributed by atoms with Crippen molar-refractivity contribution < 1.29 is 4.79 Å². The largest absolute Gasteiger partial charge is 0.339 e. The lowest BCUT2D eigenvalue weighted by molar-refractivity contribution is -0.119. The van der Waals surface area contributed by atoms with Gasteiger partial charge in [-0.3, -0.25) is 18.7 Å². The summed E-state index contributed by atoms with van der Waals surface area (Å²) in [6.07, 6.45) is 6.09. The fraction of sp³-hybridized carbons (Fsp3) is 0.529. The van der Waals surface area contributed by atoms with Crippen LogP contribution < -0.4 is 16.6 Å². The van der Waals surface area contributed by atoms with Crippen molar-refractivity contribution in [3.63, 3.8) is 0 Å². The number of fused-ring (bicyclic) bond motifs is 1. The maximum atomic E-state index is 12.5. The van der Waals surface area contributed by atoms with Crippen LogP contribution in [0.15, 0.2) is 14.7 Å². The molecule has 140 valence electrons. The summed E-state index contributed by atoms with van der Waals surface area (Å²) in [6.45, 7) is 6.06. The van der Waals surface area contributed by atoms with Gasteiger partial charge in [-0.2, -0.15) is 0 Å². The van der Waals surface area contributed by atoms with Crippen molar-refractivity contribution in [3.8, 4) is 12.3 Å². The third kappa shape index (κ3) is 3.42. The van der Waals surface area contributed by atoms with Crippen LogP contribution >= 0.6 is 11.8 Å². The van der Waals surface area contributed by atoms with Gasteiger partial charge in [-0.1, -0.05) is 24.6 Å². The van der Waals surface area contributed by atoms with Crippen molar-refractivity contribution in [2.45, 2.75) is 44.4 Å². The van der Waals surface area contributed by atoms with Gasteiger partial charge < -0.3 is 9.88 Å². The van der Waals surface area contributed by atoms with E-state index >= 15 is 0 Å². The molecule has 0 saturated heterocycles. The number of thioether (sulfide) groups is 1. The normalized spacial score (nSPS) is 13.4. The predicted molar refractivity (Wildman–Crippen MR) is 102 cm³/mol. The lowest BCUT2D eigenvalue weighted by atomic mass is 10.0. The van der Waals surface area contributed by atoms with Crippen molar-refractivity contribution in [1.29, 1.82) is 0 Å². The van der Waals surface area contributed by atoms with E-state index in [-0.39, 0.29) is 11.7 Å². The van der Waals surface area contributed by atoms with Gasteiger partial charge in [0.1, 0.15) is 0 Å². The van der Waals surface area contributed by atoms with Gasteiger partial charge in [-0.25, -0.2) is 9.78 Å². The molecule has 2 rings (SSSR count). The van der Waals surface area contributed by atoms with E-state index in [0.717, 1.165) is 4.57 Å². The van der Waals surface area contributed by atoms with E-state index in [9.17, 15) is 14.4 Å². The summed E-state index contributed by atoms with van der Waals surface area (Å²) in [5, 5.41) is 3.33. The summed E-state index contributed by atoms with van der Waals surface area (Å²) < 4.78 is 4.10. The first-order valence-electron chi connectivity index (χ1n) is 8.26. The van der Waals surface area contributed by atoms with Gasteiger partial charge in [0.25, 0.3) is 5.56 Å². The molecule has 0 unspecified atom stereocenters. The van der Waals surface area contributed by atoms with Crippen molar-refractivity contribution in [2.24, 2.45) is 14.1 Å². The molecule has 0 bridgehead atoms. The number of nitrogens with one attached hydrogen (secondary N) is 1. The fourth-order valence-corrected chi connectivity index (χ4v) is 3.39. The molecule has 0 radical (unpaired) electrons.